The Balaban J connectivity index is 1.78. The Morgan fingerprint density at radius 1 is 1.26 bits per heavy atom. The third-order valence-corrected chi connectivity index (χ3v) is 5.65. The number of rotatable bonds is 3. The fourth-order valence-corrected chi connectivity index (χ4v) is 4.23. The minimum absolute atomic E-state index is 0.0508. The molecule has 0 aromatic carbocycles. The molecular formula is C12H16FN3O2S. The normalized spacial score (nSPS) is 26.1. The first kappa shape index (κ1) is 12.8. The lowest BCUT2D eigenvalue weighted by Gasteiger charge is -2.25. The van der Waals surface area contributed by atoms with Crippen LogP contribution in [0.5, 0.6) is 0 Å². The maximum absolute atomic E-state index is 14.3. The smallest absolute Gasteiger partial charge is 0.187 e. The van der Waals surface area contributed by atoms with Gasteiger partial charge in [-0.25, -0.2) is 22.8 Å². The molecule has 1 aromatic rings. The van der Waals surface area contributed by atoms with E-state index in [2.05, 4.69) is 15.3 Å². The minimum atomic E-state index is -2.98. The van der Waals surface area contributed by atoms with Crippen LogP contribution >= 0.6 is 0 Å². The summed E-state index contributed by atoms with van der Waals surface area (Å²) in [5, 5.41) is 2.90. The summed E-state index contributed by atoms with van der Waals surface area (Å²) in [7, 11) is -2.98. The van der Waals surface area contributed by atoms with E-state index in [1.165, 1.54) is 6.33 Å². The molecule has 2 fully saturated rings. The summed E-state index contributed by atoms with van der Waals surface area (Å²) in [6, 6.07) is -0.247. The molecule has 7 heteroatoms. The Bertz CT molecular complexity index is 587. The van der Waals surface area contributed by atoms with E-state index in [9.17, 15) is 12.8 Å². The lowest BCUT2D eigenvalue weighted by molar-refractivity contribution is 0.393. The highest BCUT2D eigenvalue weighted by Gasteiger charge is 2.30. The average molecular weight is 285 g/mol. The molecule has 1 aliphatic heterocycles. The van der Waals surface area contributed by atoms with Crippen LogP contribution in [0.1, 0.15) is 37.3 Å². The predicted octanol–water partition coefficient (Wildman–Crippen LogP) is 1.48. The minimum Gasteiger partial charge on any atom is -0.364 e. The number of hydrogen-bond donors (Lipinski definition) is 1. The molecule has 1 N–H and O–H groups in total. The molecule has 0 bridgehead atoms. The van der Waals surface area contributed by atoms with Gasteiger partial charge < -0.3 is 5.32 Å². The highest BCUT2D eigenvalue weighted by molar-refractivity contribution is 7.91. The maximum atomic E-state index is 14.3. The van der Waals surface area contributed by atoms with Gasteiger partial charge in [0.2, 0.25) is 0 Å². The van der Waals surface area contributed by atoms with Gasteiger partial charge in [-0.15, -0.1) is 0 Å². The van der Waals surface area contributed by atoms with Crippen LogP contribution in [-0.4, -0.2) is 35.9 Å². The van der Waals surface area contributed by atoms with Crippen LogP contribution in [0.15, 0.2) is 6.33 Å². The van der Waals surface area contributed by atoms with E-state index in [0.717, 1.165) is 19.3 Å². The standard InChI is InChI=1S/C12H16FN3O2S/c13-10-11(8-2-1-3-8)14-7-15-12(10)16-9-4-5-19(17,18)6-9/h7-9H,1-6H2,(H,14,15,16). The molecule has 0 amide bonds. The van der Waals surface area contributed by atoms with Crippen molar-refractivity contribution in [3.05, 3.63) is 17.8 Å². The fraction of sp³-hybridized carbons (Fsp3) is 0.667. The van der Waals surface area contributed by atoms with Crippen molar-refractivity contribution in [2.24, 2.45) is 0 Å². The highest BCUT2D eigenvalue weighted by atomic mass is 32.2. The van der Waals surface area contributed by atoms with E-state index >= 15 is 0 Å². The van der Waals surface area contributed by atoms with Crippen LogP contribution in [0.3, 0.4) is 0 Å². The third-order valence-electron chi connectivity index (χ3n) is 3.88. The molecule has 2 heterocycles. The zero-order valence-electron chi connectivity index (χ0n) is 10.5. The molecule has 104 valence electrons. The molecule has 1 aliphatic carbocycles. The monoisotopic (exact) mass is 285 g/mol. The van der Waals surface area contributed by atoms with Crippen molar-refractivity contribution in [1.82, 2.24) is 9.97 Å². The Labute approximate surface area is 111 Å². The summed E-state index contributed by atoms with van der Waals surface area (Å²) in [6.07, 6.45) is 4.89. The summed E-state index contributed by atoms with van der Waals surface area (Å²) >= 11 is 0. The van der Waals surface area contributed by atoms with Gasteiger partial charge in [-0.1, -0.05) is 6.42 Å². The molecule has 2 aliphatic rings. The Morgan fingerprint density at radius 3 is 2.63 bits per heavy atom. The molecule has 0 radical (unpaired) electrons. The molecule has 1 saturated carbocycles. The summed E-state index contributed by atoms with van der Waals surface area (Å²) in [5.74, 6) is 0.119. The van der Waals surface area contributed by atoms with Gasteiger partial charge in [0.25, 0.3) is 0 Å². The van der Waals surface area contributed by atoms with E-state index in [1.54, 1.807) is 0 Å². The van der Waals surface area contributed by atoms with E-state index < -0.39 is 15.7 Å². The summed E-state index contributed by atoms with van der Waals surface area (Å²) in [4.78, 5) is 7.92. The van der Waals surface area contributed by atoms with E-state index in [1.807, 2.05) is 0 Å². The number of halogens is 1. The van der Waals surface area contributed by atoms with Crippen LogP contribution < -0.4 is 5.32 Å². The van der Waals surface area contributed by atoms with Gasteiger partial charge in [0.15, 0.2) is 21.5 Å². The van der Waals surface area contributed by atoms with Crippen molar-refractivity contribution in [3.8, 4) is 0 Å². The zero-order chi connectivity index (χ0) is 13.5. The third kappa shape index (κ3) is 2.56. The summed E-state index contributed by atoms with van der Waals surface area (Å²) in [6.45, 7) is 0. The molecule has 1 aromatic heterocycles. The van der Waals surface area contributed by atoms with E-state index in [4.69, 9.17) is 0 Å². The van der Waals surface area contributed by atoms with E-state index in [-0.39, 0.29) is 29.3 Å². The number of aromatic nitrogens is 2. The molecule has 19 heavy (non-hydrogen) atoms. The van der Waals surface area contributed by atoms with Crippen molar-refractivity contribution in [2.45, 2.75) is 37.6 Å². The quantitative estimate of drug-likeness (QED) is 0.910. The lowest BCUT2D eigenvalue weighted by atomic mass is 9.82. The van der Waals surface area contributed by atoms with Gasteiger partial charge in [0, 0.05) is 12.0 Å². The Kier molecular flexibility index (Phi) is 3.16. The second kappa shape index (κ2) is 4.70. The fourth-order valence-electron chi connectivity index (χ4n) is 2.55. The SMILES string of the molecule is O=S1(=O)CCC(Nc2ncnc(C3CCC3)c2F)C1. The Morgan fingerprint density at radius 2 is 2.05 bits per heavy atom. The van der Waals surface area contributed by atoms with Crippen molar-refractivity contribution in [2.75, 3.05) is 16.8 Å². The van der Waals surface area contributed by atoms with Gasteiger partial charge >= 0.3 is 0 Å². The highest BCUT2D eigenvalue weighted by Crippen LogP contribution is 2.37. The van der Waals surface area contributed by atoms with Crippen LogP contribution in [0.2, 0.25) is 0 Å². The van der Waals surface area contributed by atoms with Crippen molar-refractivity contribution >= 4 is 15.7 Å². The zero-order valence-corrected chi connectivity index (χ0v) is 11.3. The molecule has 1 unspecified atom stereocenters. The van der Waals surface area contributed by atoms with Gasteiger partial charge in [-0.2, -0.15) is 0 Å². The van der Waals surface area contributed by atoms with Crippen LogP contribution in [0.4, 0.5) is 10.2 Å². The van der Waals surface area contributed by atoms with Crippen LogP contribution in [-0.2, 0) is 9.84 Å². The number of sulfone groups is 1. The molecule has 1 atom stereocenters. The summed E-state index contributed by atoms with van der Waals surface area (Å²) in [5.41, 5.74) is 0.463. The first-order chi connectivity index (χ1) is 9.05. The van der Waals surface area contributed by atoms with Crippen molar-refractivity contribution in [1.29, 1.82) is 0 Å². The first-order valence-electron chi connectivity index (χ1n) is 6.52. The maximum Gasteiger partial charge on any atom is 0.187 e. The predicted molar refractivity (Wildman–Crippen MR) is 69.3 cm³/mol. The molecule has 0 spiro atoms. The van der Waals surface area contributed by atoms with Gasteiger partial charge in [0.05, 0.1) is 17.2 Å². The van der Waals surface area contributed by atoms with Gasteiger partial charge in [-0.3, -0.25) is 0 Å². The molecule has 5 nitrogen and oxygen atoms in total. The number of anilines is 1. The molecule has 1 saturated heterocycles. The largest absolute Gasteiger partial charge is 0.364 e. The summed E-state index contributed by atoms with van der Waals surface area (Å²) < 4.78 is 37.0. The van der Waals surface area contributed by atoms with Crippen LogP contribution in [0.25, 0.3) is 0 Å². The topological polar surface area (TPSA) is 72.0 Å². The van der Waals surface area contributed by atoms with E-state index in [0.29, 0.717) is 12.1 Å². The van der Waals surface area contributed by atoms with Crippen molar-refractivity contribution in [3.63, 3.8) is 0 Å². The number of nitrogens with one attached hydrogen (secondary N) is 1. The second-order valence-electron chi connectivity index (χ2n) is 5.29. The van der Waals surface area contributed by atoms with Crippen molar-refractivity contribution < 1.29 is 12.8 Å². The first-order valence-corrected chi connectivity index (χ1v) is 8.34. The van der Waals surface area contributed by atoms with Gasteiger partial charge in [-0.05, 0) is 19.3 Å². The average Bonchev–Trinajstić information content (AvgIpc) is 2.61. The van der Waals surface area contributed by atoms with Crippen LogP contribution in [0, 0.1) is 5.82 Å². The second-order valence-corrected chi connectivity index (χ2v) is 7.52. The van der Waals surface area contributed by atoms with Gasteiger partial charge in [0.1, 0.15) is 6.33 Å². The molecule has 3 rings (SSSR count). The lowest BCUT2D eigenvalue weighted by Crippen LogP contribution is -2.23. The number of hydrogen-bond acceptors (Lipinski definition) is 5. The number of nitrogens with zero attached hydrogens (tertiary/aromatic N) is 2. The Hall–Kier alpha value is -1.24. The molecular weight excluding hydrogens is 269 g/mol.